The first-order valence-corrected chi connectivity index (χ1v) is 5.90. The van der Waals surface area contributed by atoms with Crippen molar-refractivity contribution >= 4 is 0 Å². The number of hydrogen-bond donors (Lipinski definition) is 1. The van der Waals surface area contributed by atoms with Gasteiger partial charge in [-0.2, -0.15) is 8.78 Å². The van der Waals surface area contributed by atoms with Crippen LogP contribution in [0.5, 0.6) is 0 Å². The van der Waals surface area contributed by atoms with Gasteiger partial charge in [-0.3, -0.25) is 0 Å². The molecule has 110 valence electrons. The Bertz CT molecular complexity index is 382. The Morgan fingerprint density at radius 3 is 2.58 bits per heavy atom. The van der Waals surface area contributed by atoms with Gasteiger partial charge in [-0.25, -0.2) is 8.78 Å². The van der Waals surface area contributed by atoms with E-state index in [0.29, 0.717) is 12.2 Å². The minimum absolute atomic E-state index is 0.0980. The summed E-state index contributed by atoms with van der Waals surface area (Å²) in [6, 6.07) is 0.844. The monoisotopic (exact) mass is 283 g/mol. The molecule has 0 aliphatic rings. The minimum Gasteiger partial charge on any atom is -0.462 e. The number of furan rings is 1. The van der Waals surface area contributed by atoms with E-state index >= 15 is 0 Å². The van der Waals surface area contributed by atoms with Crippen molar-refractivity contribution in [2.75, 3.05) is 13.7 Å². The third-order valence-corrected chi connectivity index (χ3v) is 2.53. The van der Waals surface area contributed by atoms with E-state index in [0.717, 1.165) is 0 Å². The summed E-state index contributed by atoms with van der Waals surface area (Å²) in [4.78, 5) is 0. The maximum atomic E-state index is 13.5. The molecule has 1 N–H and O–H groups in total. The highest BCUT2D eigenvalue weighted by Crippen LogP contribution is 2.37. The number of alkyl halides is 4. The second-order valence-corrected chi connectivity index (χ2v) is 4.10. The van der Waals surface area contributed by atoms with Crippen LogP contribution in [0.4, 0.5) is 17.6 Å². The molecule has 0 saturated carbocycles. The van der Waals surface area contributed by atoms with Gasteiger partial charge in [0.1, 0.15) is 24.2 Å². The van der Waals surface area contributed by atoms with Crippen LogP contribution in [0.15, 0.2) is 16.5 Å². The molecule has 0 amide bonds. The van der Waals surface area contributed by atoms with Crippen molar-refractivity contribution in [2.45, 2.75) is 38.3 Å². The average molecular weight is 283 g/mol. The number of hydrogen-bond acceptors (Lipinski definition) is 3. The quantitative estimate of drug-likeness (QED) is 0.743. The van der Waals surface area contributed by atoms with Gasteiger partial charge in [-0.05, 0) is 25.1 Å². The second kappa shape index (κ2) is 6.91. The van der Waals surface area contributed by atoms with E-state index in [9.17, 15) is 17.6 Å². The number of halogens is 4. The average Bonchev–Trinajstić information content (AvgIpc) is 2.78. The molecular weight excluding hydrogens is 266 g/mol. The van der Waals surface area contributed by atoms with Gasteiger partial charge in [0, 0.05) is 7.11 Å². The highest BCUT2D eigenvalue weighted by atomic mass is 19.3. The second-order valence-electron chi connectivity index (χ2n) is 4.10. The maximum absolute atomic E-state index is 13.5. The Morgan fingerprint density at radius 2 is 2.05 bits per heavy atom. The van der Waals surface area contributed by atoms with Crippen molar-refractivity contribution in [1.82, 2.24) is 5.32 Å². The molecule has 1 heterocycles. The Balaban J connectivity index is 2.94. The Labute approximate surface area is 108 Å². The fourth-order valence-corrected chi connectivity index (χ4v) is 1.61. The van der Waals surface area contributed by atoms with Crippen LogP contribution in [-0.4, -0.2) is 26.0 Å². The maximum Gasteiger partial charge on any atom is 0.329 e. The van der Waals surface area contributed by atoms with Crippen LogP contribution in [0.1, 0.15) is 30.9 Å². The molecule has 0 aliphatic carbocycles. The molecule has 0 bridgehead atoms. The number of nitrogens with one attached hydrogen (secondary N) is 1. The van der Waals surface area contributed by atoms with Gasteiger partial charge < -0.3 is 14.5 Å². The third-order valence-electron chi connectivity index (χ3n) is 2.53. The predicted molar refractivity (Wildman–Crippen MR) is 61.4 cm³/mol. The number of methoxy groups -OCH3 is 1. The molecular formula is C12H17F4NO2. The largest absolute Gasteiger partial charge is 0.462 e. The standard InChI is InChI=1S/C12H17F4NO2/c1-3-6-17-10(12(15,16)11(13)14)9-5-4-8(19-9)7-18-2/h4-5,10-11,17H,3,6-7H2,1-2H3. The van der Waals surface area contributed by atoms with E-state index in [1.54, 1.807) is 6.92 Å². The van der Waals surface area contributed by atoms with E-state index in [4.69, 9.17) is 9.15 Å². The van der Waals surface area contributed by atoms with Crippen LogP contribution in [0, 0.1) is 0 Å². The van der Waals surface area contributed by atoms with Gasteiger partial charge >= 0.3 is 12.3 Å². The van der Waals surface area contributed by atoms with Crippen LogP contribution in [0.2, 0.25) is 0 Å². The predicted octanol–water partition coefficient (Wildman–Crippen LogP) is 3.37. The van der Waals surface area contributed by atoms with Crippen molar-refractivity contribution in [2.24, 2.45) is 0 Å². The van der Waals surface area contributed by atoms with Gasteiger partial charge in [-0.1, -0.05) is 6.92 Å². The van der Waals surface area contributed by atoms with Crippen LogP contribution in [0.3, 0.4) is 0 Å². The van der Waals surface area contributed by atoms with E-state index in [-0.39, 0.29) is 18.9 Å². The summed E-state index contributed by atoms with van der Waals surface area (Å²) in [7, 11) is 1.42. The summed E-state index contributed by atoms with van der Waals surface area (Å²) in [5, 5.41) is 2.40. The van der Waals surface area contributed by atoms with E-state index < -0.39 is 18.4 Å². The van der Waals surface area contributed by atoms with Crippen molar-refractivity contribution in [3.05, 3.63) is 23.7 Å². The molecule has 1 aromatic rings. The van der Waals surface area contributed by atoms with Crippen LogP contribution in [-0.2, 0) is 11.3 Å². The fourth-order valence-electron chi connectivity index (χ4n) is 1.61. The molecule has 0 spiro atoms. The highest BCUT2D eigenvalue weighted by Gasteiger charge is 2.50. The molecule has 1 atom stereocenters. The molecule has 0 aromatic carbocycles. The lowest BCUT2D eigenvalue weighted by molar-refractivity contribution is -0.154. The zero-order chi connectivity index (χ0) is 14.5. The van der Waals surface area contributed by atoms with Crippen molar-refractivity contribution in [1.29, 1.82) is 0 Å². The lowest BCUT2D eigenvalue weighted by Gasteiger charge is -2.25. The van der Waals surface area contributed by atoms with Crippen molar-refractivity contribution in [3.63, 3.8) is 0 Å². The first-order valence-electron chi connectivity index (χ1n) is 5.90. The summed E-state index contributed by atoms with van der Waals surface area (Å²) < 4.78 is 61.9. The molecule has 0 fully saturated rings. The molecule has 19 heavy (non-hydrogen) atoms. The van der Waals surface area contributed by atoms with Gasteiger partial charge in [0.05, 0.1) is 0 Å². The molecule has 3 nitrogen and oxygen atoms in total. The summed E-state index contributed by atoms with van der Waals surface area (Å²) >= 11 is 0. The molecule has 0 radical (unpaired) electrons. The van der Waals surface area contributed by atoms with E-state index in [1.165, 1.54) is 19.2 Å². The van der Waals surface area contributed by atoms with E-state index in [2.05, 4.69) is 5.32 Å². The summed E-state index contributed by atoms with van der Waals surface area (Å²) in [6.45, 7) is 2.04. The fraction of sp³-hybridized carbons (Fsp3) is 0.667. The zero-order valence-electron chi connectivity index (χ0n) is 10.8. The summed E-state index contributed by atoms with van der Waals surface area (Å²) in [5.74, 6) is -4.10. The Kier molecular flexibility index (Phi) is 5.81. The normalized spacial score (nSPS) is 14.1. The first-order chi connectivity index (χ1) is 8.93. The van der Waals surface area contributed by atoms with Crippen molar-refractivity contribution < 1.29 is 26.7 Å². The van der Waals surface area contributed by atoms with Gasteiger partial charge in [-0.15, -0.1) is 0 Å². The molecule has 1 unspecified atom stereocenters. The lowest BCUT2D eigenvalue weighted by Crippen LogP contribution is -2.42. The van der Waals surface area contributed by atoms with E-state index in [1.807, 2.05) is 0 Å². The summed E-state index contributed by atoms with van der Waals surface area (Å²) in [5.41, 5.74) is 0. The third kappa shape index (κ3) is 3.94. The molecule has 0 saturated heterocycles. The zero-order valence-corrected chi connectivity index (χ0v) is 10.8. The molecule has 1 rings (SSSR count). The summed E-state index contributed by atoms with van der Waals surface area (Å²) in [6.07, 6.45) is -3.22. The Hall–Kier alpha value is -1.08. The number of rotatable bonds is 8. The van der Waals surface area contributed by atoms with Crippen LogP contribution >= 0.6 is 0 Å². The highest BCUT2D eigenvalue weighted by molar-refractivity contribution is 5.13. The molecule has 7 heteroatoms. The van der Waals surface area contributed by atoms with Crippen LogP contribution in [0.25, 0.3) is 0 Å². The van der Waals surface area contributed by atoms with Crippen LogP contribution < -0.4 is 5.32 Å². The SMILES string of the molecule is CCCNC(c1ccc(COC)o1)C(F)(F)C(F)F. The van der Waals surface area contributed by atoms with Gasteiger partial charge in [0.15, 0.2) is 0 Å². The molecule has 0 aliphatic heterocycles. The first kappa shape index (κ1) is 16.0. The lowest BCUT2D eigenvalue weighted by atomic mass is 10.1. The number of ether oxygens (including phenoxy) is 1. The topological polar surface area (TPSA) is 34.4 Å². The van der Waals surface area contributed by atoms with Gasteiger partial charge in [0.25, 0.3) is 0 Å². The minimum atomic E-state index is -4.20. The van der Waals surface area contributed by atoms with Crippen molar-refractivity contribution in [3.8, 4) is 0 Å². The van der Waals surface area contributed by atoms with Gasteiger partial charge in [0.2, 0.25) is 0 Å². The molecule has 1 aromatic heterocycles. The Morgan fingerprint density at radius 1 is 1.37 bits per heavy atom. The smallest absolute Gasteiger partial charge is 0.329 e.